The Morgan fingerprint density at radius 2 is 2.12 bits per heavy atom. The zero-order valence-electron chi connectivity index (χ0n) is 14.5. The maximum atomic E-state index is 12.6. The summed E-state index contributed by atoms with van der Waals surface area (Å²) in [5.41, 5.74) is 6.39. The molecule has 1 aliphatic rings. The van der Waals surface area contributed by atoms with Gasteiger partial charge in [0.2, 0.25) is 5.95 Å². The second-order valence-corrected chi connectivity index (χ2v) is 6.63. The summed E-state index contributed by atoms with van der Waals surface area (Å²) in [6.45, 7) is 7.64. The Hall–Kier alpha value is -2.37. The fourth-order valence-corrected chi connectivity index (χ4v) is 3.38. The largest absolute Gasteiger partial charge is 0.466 e. The molecule has 1 aromatic heterocycles. The highest BCUT2D eigenvalue weighted by Crippen LogP contribution is 2.40. The molecule has 0 aliphatic carbocycles. The quantitative estimate of drug-likeness (QED) is 0.869. The van der Waals surface area contributed by atoms with Crippen LogP contribution in [0, 0.1) is 11.3 Å². The first-order valence-corrected chi connectivity index (χ1v) is 8.42. The van der Waals surface area contributed by atoms with Crippen molar-refractivity contribution in [1.29, 1.82) is 0 Å². The SMILES string of the molecule is CCOC(=O)C1(C(C)C)CCN(c2nc(N)c3ccccc3n2)C1. The highest BCUT2D eigenvalue weighted by molar-refractivity contribution is 5.89. The van der Waals surface area contributed by atoms with Gasteiger partial charge in [0.1, 0.15) is 5.82 Å². The van der Waals surface area contributed by atoms with Crippen LogP contribution in [0.2, 0.25) is 0 Å². The van der Waals surface area contributed by atoms with Crippen molar-refractivity contribution < 1.29 is 9.53 Å². The number of hydrogen-bond acceptors (Lipinski definition) is 6. The van der Waals surface area contributed by atoms with E-state index < -0.39 is 5.41 Å². The predicted molar refractivity (Wildman–Crippen MR) is 94.7 cm³/mol. The molecule has 128 valence electrons. The van der Waals surface area contributed by atoms with Crippen molar-refractivity contribution >= 4 is 28.6 Å². The third kappa shape index (κ3) is 2.66. The fourth-order valence-electron chi connectivity index (χ4n) is 3.38. The fraction of sp³-hybridized carbons (Fsp3) is 0.500. The van der Waals surface area contributed by atoms with Crippen molar-refractivity contribution in [3.8, 4) is 0 Å². The van der Waals surface area contributed by atoms with Crippen LogP contribution in [0.15, 0.2) is 24.3 Å². The molecule has 0 bridgehead atoms. The van der Waals surface area contributed by atoms with Crippen LogP contribution in [0.4, 0.5) is 11.8 Å². The van der Waals surface area contributed by atoms with Gasteiger partial charge in [-0.2, -0.15) is 4.98 Å². The Kier molecular flexibility index (Phi) is 4.30. The van der Waals surface area contributed by atoms with Crippen LogP contribution in [-0.2, 0) is 9.53 Å². The minimum absolute atomic E-state index is 0.128. The molecule has 0 amide bonds. The lowest BCUT2D eigenvalue weighted by Gasteiger charge is -2.30. The Labute approximate surface area is 142 Å². The third-order valence-electron chi connectivity index (χ3n) is 4.99. The molecular weight excluding hydrogens is 304 g/mol. The highest BCUT2D eigenvalue weighted by atomic mass is 16.5. The van der Waals surface area contributed by atoms with Crippen LogP contribution in [0.25, 0.3) is 10.9 Å². The first-order chi connectivity index (χ1) is 11.5. The maximum Gasteiger partial charge on any atom is 0.314 e. The molecule has 1 aliphatic heterocycles. The molecule has 0 spiro atoms. The van der Waals surface area contributed by atoms with E-state index in [1.165, 1.54) is 0 Å². The van der Waals surface area contributed by atoms with Crippen molar-refractivity contribution in [3.05, 3.63) is 24.3 Å². The summed E-state index contributed by atoms with van der Waals surface area (Å²) in [5, 5.41) is 0.848. The van der Waals surface area contributed by atoms with Gasteiger partial charge in [-0.3, -0.25) is 4.79 Å². The molecule has 1 aromatic carbocycles. The molecule has 1 unspecified atom stereocenters. The normalized spacial score (nSPS) is 20.8. The average molecular weight is 328 g/mol. The van der Waals surface area contributed by atoms with E-state index in [9.17, 15) is 4.79 Å². The number of nitrogens with zero attached hydrogens (tertiary/aromatic N) is 3. The van der Waals surface area contributed by atoms with Crippen molar-refractivity contribution in [2.24, 2.45) is 11.3 Å². The number of aromatic nitrogens is 2. The van der Waals surface area contributed by atoms with Gasteiger partial charge in [-0.05, 0) is 31.4 Å². The molecule has 3 rings (SSSR count). The van der Waals surface area contributed by atoms with E-state index in [-0.39, 0.29) is 11.9 Å². The number of ether oxygens (including phenoxy) is 1. The summed E-state index contributed by atoms with van der Waals surface area (Å²) < 4.78 is 5.34. The van der Waals surface area contributed by atoms with Gasteiger partial charge in [0.05, 0.1) is 17.5 Å². The van der Waals surface area contributed by atoms with E-state index in [0.717, 1.165) is 23.9 Å². The van der Waals surface area contributed by atoms with E-state index >= 15 is 0 Å². The number of hydrogen-bond donors (Lipinski definition) is 1. The van der Waals surface area contributed by atoms with Gasteiger partial charge in [-0.25, -0.2) is 4.98 Å². The summed E-state index contributed by atoms with van der Waals surface area (Å²) in [6, 6.07) is 7.69. The topological polar surface area (TPSA) is 81.3 Å². The molecule has 6 nitrogen and oxygen atoms in total. The summed E-state index contributed by atoms with van der Waals surface area (Å²) in [4.78, 5) is 23.7. The molecule has 1 atom stereocenters. The van der Waals surface area contributed by atoms with Crippen molar-refractivity contribution in [2.75, 3.05) is 30.3 Å². The Balaban J connectivity index is 1.93. The second kappa shape index (κ2) is 6.26. The predicted octanol–water partition coefficient (Wildman–Crippen LogP) is 2.63. The zero-order chi connectivity index (χ0) is 17.3. The van der Waals surface area contributed by atoms with Crippen LogP contribution in [0.3, 0.4) is 0 Å². The summed E-state index contributed by atoms with van der Waals surface area (Å²) in [7, 11) is 0. The van der Waals surface area contributed by atoms with Gasteiger partial charge >= 0.3 is 5.97 Å². The van der Waals surface area contributed by atoms with Crippen molar-refractivity contribution in [1.82, 2.24) is 9.97 Å². The lowest BCUT2D eigenvalue weighted by molar-refractivity contribution is -0.156. The number of esters is 1. The number of nitrogen functional groups attached to an aromatic ring is 1. The molecular formula is C18H24N4O2. The van der Waals surface area contributed by atoms with E-state index in [2.05, 4.69) is 23.8 Å². The van der Waals surface area contributed by atoms with Gasteiger partial charge in [0.25, 0.3) is 0 Å². The van der Waals surface area contributed by atoms with Gasteiger partial charge in [0, 0.05) is 18.5 Å². The number of para-hydroxylation sites is 1. The lowest BCUT2D eigenvalue weighted by Crippen LogP contribution is -2.41. The Bertz CT molecular complexity index is 762. The molecule has 0 radical (unpaired) electrons. The molecule has 6 heteroatoms. The number of benzene rings is 1. The van der Waals surface area contributed by atoms with Crippen molar-refractivity contribution in [2.45, 2.75) is 27.2 Å². The Morgan fingerprint density at radius 1 is 1.38 bits per heavy atom. The number of nitrogens with two attached hydrogens (primary N) is 1. The minimum atomic E-state index is -0.514. The summed E-state index contributed by atoms with van der Waals surface area (Å²) >= 11 is 0. The number of anilines is 2. The van der Waals surface area contributed by atoms with E-state index in [1.54, 1.807) is 0 Å². The van der Waals surface area contributed by atoms with Crippen LogP contribution >= 0.6 is 0 Å². The second-order valence-electron chi connectivity index (χ2n) is 6.63. The van der Waals surface area contributed by atoms with Crippen LogP contribution in [0.1, 0.15) is 27.2 Å². The highest BCUT2D eigenvalue weighted by Gasteiger charge is 2.49. The molecule has 1 fully saturated rings. The van der Waals surface area contributed by atoms with E-state index in [0.29, 0.717) is 24.9 Å². The number of rotatable bonds is 4. The van der Waals surface area contributed by atoms with E-state index in [1.807, 2.05) is 36.1 Å². The van der Waals surface area contributed by atoms with E-state index in [4.69, 9.17) is 10.5 Å². The molecule has 24 heavy (non-hydrogen) atoms. The maximum absolute atomic E-state index is 12.6. The van der Waals surface area contributed by atoms with Gasteiger partial charge in [0.15, 0.2) is 0 Å². The summed E-state index contributed by atoms with van der Waals surface area (Å²) in [6.07, 6.45) is 0.736. The zero-order valence-corrected chi connectivity index (χ0v) is 14.5. The molecule has 2 aromatic rings. The molecule has 1 saturated heterocycles. The number of carbonyl (C=O) groups is 1. The first-order valence-electron chi connectivity index (χ1n) is 8.42. The van der Waals surface area contributed by atoms with Crippen LogP contribution in [-0.4, -0.2) is 35.6 Å². The monoisotopic (exact) mass is 328 g/mol. The van der Waals surface area contributed by atoms with Gasteiger partial charge < -0.3 is 15.4 Å². The third-order valence-corrected chi connectivity index (χ3v) is 4.99. The lowest BCUT2D eigenvalue weighted by atomic mass is 9.76. The molecule has 2 heterocycles. The molecule has 0 saturated carbocycles. The molecule has 2 N–H and O–H groups in total. The Morgan fingerprint density at radius 3 is 2.83 bits per heavy atom. The smallest absolute Gasteiger partial charge is 0.314 e. The first kappa shape index (κ1) is 16.5. The van der Waals surface area contributed by atoms with Gasteiger partial charge in [-0.1, -0.05) is 26.0 Å². The summed E-state index contributed by atoms with van der Waals surface area (Å²) in [5.74, 6) is 1.10. The van der Waals surface area contributed by atoms with Crippen molar-refractivity contribution in [3.63, 3.8) is 0 Å². The number of fused-ring (bicyclic) bond motifs is 1. The standard InChI is InChI=1S/C18H24N4O2/c1-4-24-16(23)18(12(2)3)9-10-22(11-18)17-20-14-8-6-5-7-13(14)15(19)21-17/h5-8,12H,4,9-11H2,1-3H3,(H2,19,20,21). The average Bonchev–Trinajstić information content (AvgIpc) is 3.02. The number of carbonyl (C=O) groups excluding carboxylic acids is 1. The van der Waals surface area contributed by atoms with Gasteiger partial charge in [-0.15, -0.1) is 0 Å². The van der Waals surface area contributed by atoms with Crippen LogP contribution in [0.5, 0.6) is 0 Å². The van der Waals surface area contributed by atoms with Crippen LogP contribution < -0.4 is 10.6 Å². The minimum Gasteiger partial charge on any atom is -0.466 e.